The molecule has 0 atom stereocenters. The van der Waals surface area contributed by atoms with Crippen molar-refractivity contribution in [2.45, 2.75) is 51.9 Å². The van der Waals surface area contributed by atoms with E-state index >= 15 is 0 Å². The van der Waals surface area contributed by atoms with Gasteiger partial charge in [0, 0.05) is 42.1 Å². The number of rotatable bonds is 7. The van der Waals surface area contributed by atoms with Gasteiger partial charge in [0.05, 0.1) is 0 Å². The van der Waals surface area contributed by atoms with Gasteiger partial charge in [-0.2, -0.15) is 0 Å². The molecule has 0 aliphatic carbocycles. The zero-order chi connectivity index (χ0) is 7.66. The number of hydrogen-bond acceptors (Lipinski definition) is 0. The average molecular weight is 530 g/mol. The predicted octanol–water partition coefficient (Wildman–Crippen LogP) is 3.92. The van der Waals surface area contributed by atoms with Gasteiger partial charge in [0.1, 0.15) is 0 Å². The minimum atomic E-state index is 0. The molecule has 80 valence electrons. The molecule has 0 aliphatic heterocycles. The topological polar surface area (TPSA) is 0 Å². The maximum absolute atomic E-state index is 3.69. The van der Waals surface area contributed by atoms with Crippen molar-refractivity contribution in [3.63, 3.8) is 0 Å². The van der Waals surface area contributed by atoms with E-state index in [1.165, 1.54) is 44.9 Å². The number of allylic oxidation sites excluding steroid dienone is 1. The summed E-state index contributed by atoms with van der Waals surface area (Å²) in [6.07, 6.45) is 11.6. The largest absolute Gasteiger partial charge is 0.103 e. The third-order valence-corrected chi connectivity index (χ3v) is 1.76. The van der Waals surface area contributed by atoms with Crippen LogP contribution in [0.25, 0.3) is 0 Å². The Kier molecular flexibility index (Phi) is 28.2. The molecule has 0 saturated heterocycles. The van der Waals surface area contributed by atoms with Gasteiger partial charge in [0.2, 0.25) is 0 Å². The van der Waals surface area contributed by atoms with Crippen LogP contribution in [-0.2, 0) is 42.1 Å². The van der Waals surface area contributed by atoms with Gasteiger partial charge in [-0.15, -0.1) is 6.58 Å². The van der Waals surface area contributed by atoms with Crippen LogP contribution in [0.4, 0.5) is 0 Å². The number of unbranched alkanes of at least 4 members (excludes halogenated alkanes) is 6. The van der Waals surface area contributed by atoms with Gasteiger partial charge in [0.15, 0.2) is 0 Å². The Morgan fingerprint density at radius 1 is 0.917 bits per heavy atom. The van der Waals surface area contributed by atoms with Crippen molar-refractivity contribution < 1.29 is 42.1 Å². The van der Waals surface area contributed by atoms with E-state index in [1.807, 2.05) is 6.08 Å². The zero-order valence-electron chi connectivity index (χ0n) is 7.87. The van der Waals surface area contributed by atoms with E-state index in [-0.39, 0.29) is 42.1 Å². The van der Waals surface area contributed by atoms with Gasteiger partial charge in [-0.1, -0.05) is 45.1 Å². The molecule has 0 nitrogen and oxygen atoms in total. The smallest absolute Gasteiger partial charge is 0 e. The minimum absolute atomic E-state index is 0. The molecular weight excluding hydrogens is 510 g/mol. The predicted molar refractivity (Wildman–Crippen MR) is 48.2 cm³/mol. The van der Waals surface area contributed by atoms with E-state index in [4.69, 9.17) is 0 Å². The van der Waals surface area contributed by atoms with Crippen LogP contribution in [0, 0.1) is 0 Å². The molecule has 0 aromatic heterocycles. The molecule has 0 aromatic carbocycles. The first-order valence-corrected chi connectivity index (χ1v) is 4.52. The summed E-state index contributed by atoms with van der Waals surface area (Å²) in [4.78, 5) is 0. The summed E-state index contributed by atoms with van der Waals surface area (Å²) in [5.74, 6) is 0. The summed E-state index contributed by atoms with van der Waals surface area (Å²) in [6, 6.07) is 0. The molecule has 2 heteroatoms. The Labute approximate surface area is 106 Å². The summed E-state index contributed by atoms with van der Waals surface area (Å²) < 4.78 is 0. The van der Waals surface area contributed by atoms with Crippen molar-refractivity contribution in [1.29, 1.82) is 0 Å². The van der Waals surface area contributed by atoms with Gasteiger partial charge in [-0.3, -0.25) is 0 Å². The summed E-state index contributed by atoms with van der Waals surface area (Å²) in [7, 11) is 0. The van der Waals surface area contributed by atoms with Gasteiger partial charge in [-0.05, 0) is 12.8 Å². The Balaban J connectivity index is -0.000000405. The Hall–Kier alpha value is 1.12. The third kappa shape index (κ3) is 17.3. The van der Waals surface area contributed by atoms with Crippen LogP contribution in [0.2, 0.25) is 0 Å². The molecule has 0 aliphatic rings. The van der Waals surface area contributed by atoms with Crippen LogP contribution in [0.15, 0.2) is 12.7 Å². The normalized spacial score (nSPS) is 8.08. The Morgan fingerprint density at radius 3 is 1.92 bits per heavy atom. The van der Waals surface area contributed by atoms with Crippen molar-refractivity contribution in [2.24, 2.45) is 0 Å². The third-order valence-electron chi connectivity index (χ3n) is 1.76. The molecular formula is C10H20Pt2. The van der Waals surface area contributed by atoms with E-state index in [9.17, 15) is 0 Å². The zero-order valence-corrected chi connectivity index (χ0v) is 12.4. The van der Waals surface area contributed by atoms with Crippen molar-refractivity contribution in [1.82, 2.24) is 0 Å². The molecule has 0 radical (unpaired) electrons. The fourth-order valence-electron chi connectivity index (χ4n) is 1.07. The first-order chi connectivity index (χ1) is 4.91. The monoisotopic (exact) mass is 530 g/mol. The first-order valence-electron chi connectivity index (χ1n) is 4.52. The second-order valence-electron chi connectivity index (χ2n) is 2.85. The van der Waals surface area contributed by atoms with Gasteiger partial charge in [-0.25, -0.2) is 0 Å². The maximum atomic E-state index is 3.69. The van der Waals surface area contributed by atoms with Crippen LogP contribution in [0.3, 0.4) is 0 Å². The van der Waals surface area contributed by atoms with Crippen LogP contribution in [0.1, 0.15) is 51.9 Å². The fourth-order valence-corrected chi connectivity index (χ4v) is 1.07. The van der Waals surface area contributed by atoms with Crippen LogP contribution < -0.4 is 0 Å². The number of hydrogen-bond donors (Lipinski definition) is 0. The SMILES string of the molecule is C=CCCCCCCCC.[Pt].[Pt]. The molecule has 0 bridgehead atoms. The minimum Gasteiger partial charge on any atom is -0.103 e. The van der Waals surface area contributed by atoms with E-state index in [1.54, 1.807) is 0 Å². The van der Waals surface area contributed by atoms with E-state index < -0.39 is 0 Å². The van der Waals surface area contributed by atoms with Crippen LogP contribution >= 0.6 is 0 Å². The van der Waals surface area contributed by atoms with E-state index in [0.717, 1.165) is 0 Å². The molecule has 12 heavy (non-hydrogen) atoms. The van der Waals surface area contributed by atoms with E-state index in [0.29, 0.717) is 0 Å². The summed E-state index contributed by atoms with van der Waals surface area (Å²) in [6.45, 7) is 5.95. The fraction of sp³-hybridized carbons (Fsp3) is 0.800. The quantitative estimate of drug-likeness (QED) is 0.346. The second kappa shape index (κ2) is 18.0. The Bertz CT molecular complexity index is 72.2. The Morgan fingerprint density at radius 2 is 1.42 bits per heavy atom. The molecule has 0 heterocycles. The molecule has 0 saturated carbocycles. The van der Waals surface area contributed by atoms with Crippen molar-refractivity contribution in [3.8, 4) is 0 Å². The first kappa shape index (κ1) is 18.8. The molecule has 0 spiro atoms. The molecule has 0 rings (SSSR count). The summed E-state index contributed by atoms with van der Waals surface area (Å²) >= 11 is 0. The molecule has 0 N–H and O–H groups in total. The van der Waals surface area contributed by atoms with Crippen molar-refractivity contribution in [3.05, 3.63) is 12.7 Å². The molecule has 0 fully saturated rings. The van der Waals surface area contributed by atoms with Gasteiger partial charge >= 0.3 is 0 Å². The van der Waals surface area contributed by atoms with Crippen LogP contribution in [0.5, 0.6) is 0 Å². The summed E-state index contributed by atoms with van der Waals surface area (Å²) in [5, 5.41) is 0. The molecule has 0 unspecified atom stereocenters. The summed E-state index contributed by atoms with van der Waals surface area (Å²) in [5.41, 5.74) is 0. The maximum Gasteiger partial charge on any atom is 0 e. The standard InChI is InChI=1S/C10H20.2Pt/c1-3-5-7-9-10-8-6-4-2;;/h3H,1,4-10H2,2H3;;. The van der Waals surface area contributed by atoms with Crippen molar-refractivity contribution >= 4 is 0 Å². The van der Waals surface area contributed by atoms with Gasteiger partial charge < -0.3 is 0 Å². The van der Waals surface area contributed by atoms with Gasteiger partial charge in [0.25, 0.3) is 0 Å². The molecule has 0 aromatic rings. The second-order valence-corrected chi connectivity index (χ2v) is 2.85. The average Bonchev–Trinajstić information content (AvgIpc) is 1.97. The van der Waals surface area contributed by atoms with E-state index in [2.05, 4.69) is 13.5 Å². The van der Waals surface area contributed by atoms with Crippen LogP contribution in [-0.4, -0.2) is 0 Å². The molecule has 0 amide bonds. The van der Waals surface area contributed by atoms with Crippen molar-refractivity contribution in [2.75, 3.05) is 0 Å².